The highest BCUT2D eigenvalue weighted by atomic mass is 15.4. The molecule has 1 heterocycles. The number of unbranched alkanes of at least 4 members (excludes halogenated alkanes) is 3. The molecule has 0 fully saturated rings. The van der Waals surface area contributed by atoms with E-state index in [0.29, 0.717) is 0 Å². The summed E-state index contributed by atoms with van der Waals surface area (Å²) in [6.07, 6.45) is 7.70. The van der Waals surface area contributed by atoms with Crippen LogP contribution in [0.25, 0.3) is 5.69 Å². The molecule has 4 heteroatoms. The first-order valence-corrected chi connectivity index (χ1v) is 7.04. The summed E-state index contributed by atoms with van der Waals surface area (Å²) < 4.78 is 1.84. The predicted octanol–water partition coefficient (Wildman–Crippen LogP) is 3.24. The van der Waals surface area contributed by atoms with Crippen LogP contribution in [0.3, 0.4) is 0 Å². The minimum Gasteiger partial charge on any atom is -0.323 e. The van der Waals surface area contributed by atoms with Crippen LogP contribution in [-0.2, 0) is 0 Å². The molecule has 0 aliphatic carbocycles. The molecule has 0 saturated carbocycles. The number of aromatic nitrogens is 3. The molecule has 1 unspecified atom stereocenters. The van der Waals surface area contributed by atoms with Crippen molar-refractivity contribution in [1.82, 2.24) is 15.0 Å². The van der Waals surface area contributed by atoms with E-state index in [0.717, 1.165) is 24.2 Å². The molecule has 19 heavy (non-hydrogen) atoms. The maximum absolute atomic E-state index is 6.26. The van der Waals surface area contributed by atoms with E-state index in [-0.39, 0.29) is 6.04 Å². The Labute approximate surface area is 114 Å². The van der Waals surface area contributed by atoms with Gasteiger partial charge in [-0.2, -0.15) is 0 Å². The average molecular weight is 258 g/mol. The van der Waals surface area contributed by atoms with Crippen LogP contribution in [-0.4, -0.2) is 15.0 Å². The largest absolute Gasteiger partial charge is 0.323 e. The van der Waals surface area contributed by atoms with E-state index < -0.39 is 0 Å². The number of hydrogen-bond acceptors (Lipinski definition) is 3. The van der Waals surface area contributed by atoms with Crippen molar-refractivity contribution in [3.63, 3.8) is 0 Å². The average Bonchev–Trinajstić information content (AvgIpc) is 2.94. The van der Waals surface area contributed by atoms with Crippen molar-refractivity contribution in [3.8, 4) is 5.69 Å². The van der Waals surface area contributed by atoms with Gasteiger partial charge >= 0.3 is 0 Å². The lowest BCUT2D eigenvalue weighted by atomic mass is 10.1. The number of benzene rings is 1. The van der Waals surface area contributed by atoms with E-state index in [1.54, 1.807) is 6.20 Å². The molecular formula is C15H22N4. The summed E-state index contributed by atoms with van der Waals surface area (Å²) in [4.78, 5) is 0. The van der Waals surface area contributed by atoms with E-state index in [4.69, 9.17) is 5.73 Å². The van der Waals surface area contributed by atoms with Crippen LogP contribution in [0.15, 0.2) is 36.5 Å². The third-order valence-corrected chi connectivity index (χ3v) is 3.33. The Hall–Kier alpha value is -1.68. The molecule has 0 aliphatic rings. The first kappa shape index (κ1) is 13.7. The van der Waals surface area contributed by atoms with Gasteiger partial charge in [-0.3, -0.25) is 0 Å². The van der Waals surface area contributed by atoms with Gasteiger partial charge in [0.15, 0.2) is 0 Å². The number of para-hydroxylation sites is 1. The maximum atomic E-state index is 6.26. The van der Waals surface area contributed by atoms with Crippen molar-refractivity contribution in [2.24, 2.45) is 5.73 Å². The lowest BCUT2D eigenvalue weighted by molar-refractivity contribution is 0.545. The summed E-state index contributed by atoms with van der Waals surface area (Å²) in [5.74, 6) is 0. The Bertz CT molecular complexity index is 478. The van der Waals surface area contributed by atoms with Gasteiger partial charge in [0.05, 0.1) is 17.6 Å². The Morgan fingerprint density at radius 1 is 1.16 bits per heavy atom. The second-order valence-corrected chi connectivity index (χ2v) is 4.86. The van der Waals surface area contributed by atoms with Gasteiger partial charge in [-0.05, 0) is 18.6 Å². The van der Waals surface area contributed by atoms with E-state index in [9.17, 15) is 0 Å². The summed E-state index contributed by atoms with van der Waals surface area (Å²) >= 11 is 0. The summed E-state index contributed by atoms with van der Waals surface area (Å²) in [6, 6.07) is 10.0. The second kappa shape index (κ2) is 7.04. The van der Waals surface area contributed by atoms with Crippen molar-refractivity contribution in [2.45, 2.75) is 45.1 Å². The third-order valence-electron chi connectivity index (χ3n) is 3.33. The van der Waals surface area contributed by atoms with E-state index in [2.05, 4.69) is 17.2 Å². The Kier molecular flexibility index (Phi) is 5.10. The normalized spacial score (nSPS) is 12.5. The molecule has 0 amide bonds. The van der Waals surface area contributed by atoms with Crippen LogP contribution in [0.1, 0.15) is 50.8 Å². The lowest BCUT2D eigenvalue weighted by Gasteiger charge is -2.13. The summed E-state index contributed by atoms with van der Waals surface area (Å²) in [6.45, 7) is 2.22. The molecule has 2 N–H and O–H groups in total. The van der Waals surface area contributed by atoms with Crippen molar-refractivity contribution >= 4 is 0 Å². The lowest BCUT2D eigenvalue weighted by Crippen LogP contribution is -2.15. The van der Waals surface area contributed by atoms with E-state index in [1.165, 1.54) is 19.3 Å². The molecule has 0 spiro atoms. The quantitative estimate of drug-likeness (QED) is 0.776. The molecule has 0 bridgehead atoms. The highest BCUT2D eigenvalue weighted by molar-refractivity contribution is 5.32. The topological polar surface area (TPSA) is 56.7 Å². The Morgan fingerprint density at radius 3 is 2.68 bits per heavy atom. The van der Waals surface area contributed by atoms with Crippen LogP contribution < -0.4 is 5.73 Å². The fourth-order valence-electron chi connectivity index (χ4n) is 2.20. The first-order valence-electron chi connectivity index (χ1n) is 7.04. The van der Waals surface area contributed by atoms with Crippen LogP contribution in [0.5, 0.6) is 0 Å². The van der Waals surface area contributed by atoms with Gasteiger partial charge in [-0.25, -0.2) is 4.68 Å². The predicted molar refractivity (Wildman–Crippen MR) is 77.0 cm³/mol. The number of rotatable bonds is 7. The molecule has 0 aliphatic heterocycles. The first-order chi connectivity index (χ1) is 9.33. The van der Waals surface area contributed by atoms with Gasteiger partial charge in [0.1, 0.15) is 0 Å². The smallest absolute Gasteiger partial charge is 0.0812 e. The molecule has 1 atom stereocenters. The van der Waals surface area contributed by atoms with Gasteiger partial charge in [0, 0.05) is 6.04 Å². The molecule has 0 saturated heterocycles. The zero-order valence-electron chi connectivity index (χ0n) is 11.5. The highest BCUT2D eigenvalue weighted by Gasteiger charge is 2.13. The standard InChI is InChI=1S/C15H22N4/c1-2-3-4-8-11-14(16)15-12-17-18-19(15)13-9-6-5-7-10-13/h5-7,9-10,12,14H,2-4,8,11,16H2,1H3. The van der Waals surface area contributed by atoms with Crippen LogP contribution in [0.2, 0.25) is 0 Å². The highest BCUT2D eigenvalue weighted by Crippen LogP contribution is 2.19. The van der Waals surface area contributed by atoms with Gasteiger partial charge in [-0.1, -0.05) is 56.0 Å². The van der Waals surface area contributed by atoms with Gasteiger partial charge in [-0.15, -0.1) is 5.10 Å². The fraction of sp³-hybridized carbons (Fsp3) is 0.467. The fourth-order valence-corrected chi connectivity index (χ4v) is 2.20. The molecule has 2 rings (SSSR count). The zero-order chi connectivity index (χ0) is 13.5. The number of hydrogen-bond donors (Lipinski definition) is 1. The molecule has 2 aromatic rings. The Morgan fingerprint density at radius 2 is 1.95 bits per heavy atom. The summed E-state index contributed by atoms with van der Waals surface area (Å²) in [5.41, 5.74) is 8.26. The monoisotopic (exact) mass is 258 g/mol. The van der Waals surface area contributed by atoms with Gasteiger partial charge in [0.25, 0.3) is 0 Å². The van der Waals surface area contributed by atoms with E-state index >= 15 is 0 Å². The van der Waals surface area contributed by atoms with Crippen molar-refractivity contribution in [2.75, 3.05) is 0 Å². The van der Waals surface area contributed by atoms with E-state index in [1.807, 2.05) is 35.0 Å². The van der Waals surface area contributed by atoms with Gasteiger partial charge < -0.3 is 5.73 Å². The summed E-state index contributed by atoms with van der Waals surface area (Å²) in [7, 11) is 0. The van der Waals surface area contributed by atoms with Crippen LogP contribution in [0, 0.1) is 0 Å². The van der Waals surface area contributed by atoms with Crippen LogP contribution in [0.4, 0.5) is 0 Å². The van der Waals surface area contributed by atoms with Gasteiger partial charge in [0.2, 0.25) is 0 Å². The minimum absolute atomic E-state index is 0.00654. The number of nitrogens with two attached hydrogens (primary N) is 1. The SMILES string of the molecule is CCCCCCC(N)c1cnnn1-c1ccccc1. The molecule has 1 aromatic carbocycles. The molecule has 102 valence electrons. The van der Waals surface area contributed by atoms with Crippen molar-refractivity contribution in [1.29, 1.82) is 0 Å². The maximum Gasteiger partial charge on any atom is 0.0812 e. The summed E-state index contributed by atoms with van der Waals surface area (Å²) in [5, 5.41) is 8.14. The van der Waals surface area contributed by atoms with Crippen molar-refractivity contribution < 1.29 is 0 Å². The third kappa shape index (κ3) is 3.64. The zero-order valence-corrected chi connectivity index (χ0v) is 11.5. The Balaban J connectivity index is 2.03. The molecule has 4 nitrogen and oxygen atoms in total. The minimum atomic E-state index is 0.00654. The second-order valence-electron chi connectivity index (χ2n) is 4.86. The number of nitrogens with zero attached hydrogens (tertiary/aromatic N) is 3. The van der Waals surface area contributed by atoms with Crippen LogP contribution >= 0.6 is 0 Å². The molecular weight excluding hydrogens is 236 g/mol. The molecule has 1 aromatic heterocycles. The molecule has 0 radical (unpaired) electrons. The van der Waals surface area contributed by atoms with Crippen molar-refractivity contribution in [3.05, 3.63) is 42.2 Å².